The van der Waals surface area contributed by atoms with Crippen LogP contribution in [0.15, 0.2) is 18.3 Å². The average Bonchev–Trinajstić information content (AvgIpc) is 3.27. The van der Waals surface area contributed by atoms with Crippen LogP contribution < -0.4 is 19.5 Å². The van der Waals surface area contributed by atoms with Crippen LogP contribution in [-0.2, 0) is 12.0 Å². The molecule has 2 unspecified atom stereocenters. The quantitative estimate of drug-likeness (QED) is 0.606. The molecule has 2 aromatic rings. The van der Waals surface area contributed by atoms with Crippen molar-refractivity contribution in [2.45, 2.75) is 83.0 Å². The summed E-state index contributed by atoms with van der Waals surface area (Å²) in [4.78, 5) is 21.9. The lowest BCUT2D eigenvalue weighted by Crippen LogP contribution is -2.56. The maximum absolute atomic E-state index is 13.2. The first kappa shape index (κ1) is 24.8. The van der Waals surface area contributed by atoms with Crippen LogP contribution in [0.5, 0.6) is 17.2 Å². The Kier molecular flexibility index (Phi) is 7.38. The van der Waals surface area contributed by atoms with E-state index < -0.39 is 0 Å². The topological polar surface area (TPSA) is 72.9 Å². The number of hydrogen-bond acceptors (Lipinski definition) is 7. The summed E-state index contributed by atoms with van der Waals surface area (Å²) in [7, 11) is 4.67. The summed E-state index contributed by atoms with van der Waals surface area (Å²) in [5, 5.41) is 4.48. The van der Waals surface area contributed by atoms with Crippen molar-refractivity contribution in [3.8, 4) is 17.2 Å². The molecule has 0 spiro atoms. The lowest BCUT2D eigenvalue weighted by atomic mass is 9.81. The van der Waals surface area contributed by atoms with E-state index in [1.165, 1.54) is 29.1 Å². The number of carbonyl (C=O) groups excluding carboxylic acids is 1. The van der Waals surface area contributed by atoms with Gasteiger partial charge in [0.2, 0.25) is 5.75 Å². The van der Waals surface area contributed by atoms with E-state index in [-0.39, 0.29) is 17.4 Å². The molecule has 34 heavy (non-hydrogen) atoms. The maximum Gasteiger partial charge on any atom is 0.251 e. The molecular weight excluding hydrogens is 450 g/mol. The third-order valence-electron chi connectivity index (χ3n) is 7.00. The first-order chi connectivity index (χ1) is 16.2. The summed E-state index contributed by atoms with van der Waals surface area (Å²) in [6.45, 7) is 7.62. The molecule has 7 nitrogen and oxygen atoms in total. The predicted octanol–water partition coefficient (Wildman–Crippen LogP) is 4.78. The Balaban J connectivity index is 1.44. The number of hydrogen-bond donors (Lipinski definition) is 1. The summed E-state index contributed by atoms with van der Waals surface area (Å²) < 4.78 is 16.2. The summed E-state index contributed by atoms with van der Waals surface area (Å²) in [5.41, 5.74) is 0.648. The van der Waals surface area contributed by atoms with Crippen LogP contribution in [0.3, 0.4) is 0 Å². The van der Waals surface area contributed by atoms with Gasteiger partial charge in [-0.05, 0) is 43.2 Å². The minimum Gasteiger partial charge on any atom is -0.493 e. The molecule has 2 saturated heterocycles. The van der Waals surface area contributed by atoms with E-state index in [0.717, 1.165) is 19.4 Å². The predicted molar refractivity (Wildman–Crippen MR) is 134 cm³/mol. The van der Waals surface area contributed by atoms with Crippen LogP contribution in [0.4, 0.5) is 0 Å². The molecule has 1 amide bonds. The second kappa shape index (κ2) is 10.1. The van der Waals surface area contributed by atoms with Gasteiger partial charge < -0.3 is 19.5 Å². The maximum atomic E-state index is 13.2. The van der Waals surface area contributed by atoms with Gasteiger partial charge in [0.05, 0.1) is 27.9 Å². The van der Waals surface area contributed by atoms with Gasteiger partial charge in [-0.1, -0.05) is 27.2 Å². The number of nitrogens with one attached hydrogen (secondary N) is 1. The van der Waals surface area contributed by atoms with Crippen molar-refractivity contribution in [3.63, 3.8) is 0 Å². The summed E-state index contributed by atoms with van der Waals surface area (Å²) >= 11 is 1.83. The fourth-order valence-corrected chi connectivity index (χ4v) is 6.21. The lowest BCUT2D eigenvalue weighted by Gasteiger charge is -2.48. The van der Waals surface area contributed by atoms with Crippen LogP contribution in [0.25, 0.3) is 0 Å². The highest BCUT2D eigenvalue weighted by atomic mass is 32.1. The minimum atomic E-state index is -0.106. The second-order valence-electron chi connectivity index (χ2n) is 10.3. The molecule has 1 aromatic heterocycles. The molecule has 0 aliphatic carbocycles. The van der Waals surface area contributed by atoms with Gasteiger partial charge >= 0.3 is 0 Å². The zero-order valence-corrected chi connectivity index (χ0v) is 22.0. The third kappa shape index (κ3) is 5.18. The van der Waals surface area contributed by atoms with E-state index in [1.54, 1.807) is 33.5 Å². The highest BCUT2D eigenvalue weighted by molar-refractivity contribution is 7.11. The Morgan fingerprint density at radius 1 is 1.09 bits per heavy atom. The molecule has 0 saturated carbocycles. The first-order valence-electron chi connectivity index (χ1n) is 12.0. The largest absolute Gasteiger partial charge is 0.493 e. The number of ether oxygens (including phenoxy) is 3. The molecule has 186 valence electrons. The van der Waals surface area contributed by atoms with Gasteiger partial charge in [-0.3, -0.25) is 9.69 Å². The lowest BCUT2D eigenvalue weighted by molar-refractivity contribution is 0.0176. The van der Waals surface area contributed by atoms with Crippen molar-refractivity contribution in [1.82, 2.24) is 15.2 Å². The third-order valence-corrected chi connectivity index (χ3v) is 8.41. The molecule has 2 aliphatic heterocycles. The van der Waals surface area contributed by atoms with Gasteiger partial charge in [-0.25, -0.2) is 4.98 Å². The van der Waals surface area contributed by atoms with Gasteiger partial charge in [0.1, 0.15) is 5.01 Å². The van der Waals surface area contributed by atoms with Crippen molar-refractivity contribution >= 4 is 17.2 Å². The van der Waals surface area contributed by atoms with Crippen molar-refractivity contribution in [1.29, 1.82) is 0 Å². The first-order valence-corrected chi connectivity index (χ1v) is 12.9. The van der Waals surface area contributed by atoms with Gasteiger partial charge in [0, 0.05) is 34.8 Å². The smallest absolute Gasteiger partial charge is 0.251 e. The molecular formula is C26H37N3O4S. The number of benzene rings is 1. The molecule has 4 rings (SSSR count). The number of nitrogens with zero attached hydrogens (tertiary/aromatic N) is 2. The fourth-order valence-electron chi connectivity index (χ4n) is 5.22. The summed E-state index contributed by atoms with van der Waals surface area (Å²) in [5.74, 6) is 1.35. The van der Waals surface area contributed by atoms with Crippen molar-refractivity contribution in [2.24, 2.45) is 0 Å². The standard InChI is InChI=1S/C26H37N3O4S/c1-26(2,3)22-14-27-23(34-22)15-29-18-8-7-9-19(29)13-17(12-18)28-25(30)16-10-20(31-4)24(33-6)21(11-16)32-5/h10-11,14,17-19H,7-9,12-13,15H2,1-6H3,(H,28,30). The van der Waals surface area contributed by atoms with Crippen LogP contribution in [0, 0.1) is 0 Å². The van der Waals surface area contributed by atoms with Crippen molar-refractivity contribution in [3.05, 3.63) is 33.8 Å². The van der Waals surface area contributed by atoms with E-state index in [1.807, 2.05) is 17.5 Å². The molecule has 1 N–H and O–H groups in total. The van der Waals surface area contributed by atoms with Crippen LogP contribution in [0.2, 0.25) is 0 Å². The van der Waals surface area contributed by atoms with E-state index in [9.17, 15) is 4.79 Å². The van der Waals surface area contributed by atoms with Crippen molar-refractivity contribution < 1.29 is 19.0 Å². The Bertz CT molecular complexity index is 977. The number of methoxy groups -OCH3 is 3. The zero-order chi connectivity index (χ0) is 24.5. The molecule has 8 heteroatoms. The molecule has 2 bridgehead atoms. The minimum absolute atomic E-state index is 0.106. The highest BCUT2D eigenvalue weighted by Crippen LogP contribution is 2.39. The number of rotatable bonds is 7. The van der Waals surface area contributed by atoms with E-state index >= 15 is 0 Å². The highest BCUT2D eigenvalue weighted by Gasteiger charge is 2.39. The monoisotopic (exact) mass is 487 g/mol. The number of fused-ring (bicyclic) bond motifs is 2. The number of aromatic nitrogens is 1. The zero-order valence-electron chi connectivity index (χ0n) is 21.1. The number of carbonyl (C=O) groups is 1. The number of amides is 1. The molecule has 2 aliphatic rings. The molecule has 1 aromatic carbocycles. The van der Waals surface area contributed by atoms with Crippen LogP contribution >= 0.6 is 11.3 Å². The van der Waals surface area contributed by atoms with Gasteiger partial charge in [0.25, 0.3) is 5.91 Å². The van der Waals surface area contributed by atoms with E-state index in [4.69, 9.17) is 19.2 Å². The van der Waals surface area contributed by atoms with Gasteiger partial charge in [-0.15, -0.1) is 11.3 Å². The molecule has 0 radical (unpaired) electrons. The number of piperidine rings is 2. The summed E-state index contributed by atoms with van der Waals surface area (Å²) in [6, 6.07) is 4.52. The summed E-state index contributed by atoms with van der Waals surface area (Å²) in [6.07, 6.45) is 7.56. The Morgan fingerprint density at radius 3 is 2.21 bits per heavy atom. The van der Waals surface area contributed by atoms with Gasteiger partial charge in [0.15, 0.2) is 11.5 Å². The Hall–Kier alpha value is -2.32. The molecule has 3 heterocycles. The van der Waals surface area contributed by atoms with Crippen molar-refractivity contribution in [2.75, 3.05) is 21.3 Å². The van der Waals surface area contributed by atoms with Crippen LogP contribution in [-0.4, -0.2) is 55.2 Å². The van der Waals surface area contributed by atoms with E-state index in [2.05, 4.69) is 31.0 Å². The second-order valence-corrected chi connectivity index (χ2v) is 11.5. The van der Waals surface area contributed by atoms with Gasteiger partial charge in [-0.2, -0.15) is 0 Å². The SMILES string of the molecule is COc1cc(C(=O)NC2CC3CCCC(C2)N3Cc2ncc(C(C)(C)C)s2)cc(OC)c1OC. The Morgan fingerprint density at radius 2 is 1.71 bits per heavy atom. The fraction of sp³-hybridized carbons (Fsp3) is 0.615. The number of thiazole rings is 1. The van der Waals surface area contributed by atoms with E-state index in [0.29, 0.717) is 34.9 Å². The normalized spacial score (nSPS) is 22.8. The van der Waals surface area contributed by atoms with Crippen LogP contribution in [0.1, 0.15) is 73.1 Å². The molecule has 2 atom stereocenters. The Labute approximate surface area is 206 Å². The molecule has 2 fully saturated rings. The average molecular weight is 488 g/mol.